The van der Waals surface area contributed by atoms with Gasteiger partial charge in [-0.3, -0.25) is 9.78 Å². The maximum atomic E-state index is 12.5. The van der Waals surface area contributed by atoms with Crippen molar-refractivity contribution in [1.29, 1.82) is 0 Å². The zero-order valence-corrected chi connectivity index (χ0v) is 14.8. The molecule has 7 nitrogen and oxygen atoms in total. The van der Waals surface area contributed by atoms with Crippen molar-refractivity contribution in [3.05, 3.63) is 42.5 Å². The molecule has 0 bridgehead atoms. The molecule has 0 saturated carbocycles. The van der Waals surface area contributed by atoms with Crippen molar-refractivity contribution in [3.63, 3.8) is 0 Å². The standard InChI is InChI=1S/C20H20N4O3/c25-15-1-2-16(27-11-15)10-24-18-6-14(8-22-17(18)7-19(24)26)13-5-12-3-4-21-20(12)23-9-13/h3-6,8-9,15-16,25H,1-2,7,10-11H2,(H,21,23)/t15-,16-/m1/s1. The molecule has 3 aromatic heterocycles. The van der Waals surface area contributed by atoms with Gasteiger partial charge in [-0.2, -0.15) is 0 Å². The Kier molecular flexibility index (Phi) is 3.91. The molecule has 3 aromatic rings. The van der Waals surface area contributed by atoms with E-state index in [0.29, 0.717) is 26.0 Å². The molecule has 138 valence electrons. The fourth-order valence-electron chi connectivity index (χ4n) is 3.82. The first-order valence-corrected chi connectivity index (χ1v) is 9.20. The van der Waals surface area contributed by atoms with Crippen LogP contribution in [0.15, 0.2) is 36.8 Å². The Morgan fingerprint density at radius 2 is 2.07 bits per heavy atom. The first-order chi connectivity index (χ1) is 13.2. The number of aromatic amines is 1. The number of amides is 1. The average molecular weight is 364 g/mol. The van der Waals surface area contributed by atoms with E-state index in [-0.39, 0.29) is 12.0 Å². The molecule has 1 fully saturated rings. The minimum Gasteiger partial charge on any atom is -0.391 e. The first-order valence-electron chi connectivity index (χ1n) is 9.20. The van der Waals surface area contributed by atoms with E-state index in [2.05, 4.69) is 21.0 Å². The van der Waals surface area contributed by atoms with Crippen LogP contribution in [0.1, 0.15) is 18.5 Å². The molecular weight excluding hydrogens is 344 g/mol. The SMILES string of the molecule is O=C1Cc2ncc(-c3cnc4[nH]ccc4c3)cc2N1C[C@H]1CC[C@@H](O)CO1. The minimum atomic E-state index is -0.396. The number of nitrogens with one attached hydrogen (secondary N) is 1. The number of pyridine rings is 2. The number of aliphatic hydroxyl groups is 1. The molecule has 2 aliphatic rings. The van der Waals surface area contributed by atoms with E-state index in [1.54, 1.807) is 11.1 Å². The van der Waals surface area contributed by atoms with Crippen molar-refractivity contribution in [2.24, 2.45) is 0 Å². The van der Waals surface area contributed by atoms with Crippen LogP contribution >= 0.6 is 0 Å². The van der Waals surface area contributed by atoms with Crippen LogP contribution in [0.3, 0.4) is 0 Å². The summed E-state index contributed by atoms with van der Waals surface area (Å²) in [6, 6.07) is 6.06. The number of fused-ring (bicyclic) bond motifs is 2. The van der Waals surface area contributed by atoms with Gasteiger partial charge in [-0.05, 0) is 31.0 Å². The predicted molar refractivity (Wildman–Crippen MR) is 100 cm³/mol. The van der Waals surface area contributed by atoms with Gasteiger partial charge in [0.15, 0.2) is 0 Å². The summed E-state index contributed by atoms with van der Waals surface area (Å²) >= 11 is 0. The number of carbonyl (C=O) groups excluding carboxylic acids is 1. The van der Waals surface area contributed by atoms with Gasteiger partial charge < -0.3 is 19.7 Å². The first kappa shape index (κ1) is 16.4. The number of aromatic nitrogens is 3. The number of hydrogen-bond donors (Lipinski definition) is 2. The van der Waals surface area contributed by atoms with Crippen LogP contribution in [0.4, 0.5) is 5.69 Å². The molecule has 7 heteroatoms. The van der Waals surface area contributed by atoms with Crippen LogP contribution < -0.4 is 4.90 Å². The van der Waals surface area contributed by atoms with Crippen LogP contribution in [0.2, 0.25) is 0 Å². The molecule has 2 N–H and O–H groups in total. The highest BCUT2D eigenvalue weighted by molar-refractivity contribution is 6.01. The van der Waals surface area contributed by atoms with Crippen LogP contribution in [0.25, 0.3) is 22.2 Å². The number of hydrogen-bond acceptors (Lipinski definition) is 5. The monoisotopic (exact) mass is 364 g/mol. The second-order valence-corrected chi connectivity index (χ2v) is 7.20. The summed E-state index contributed by atoms with van der Waals surface area (Å²) in [4.78, 5) is 26.4. The molecule has 0 spiro atoms. The van der Waals surface area contributed by atoms with Gasteiger partial charge in [0.05, 0.1) is 43.2 Å². The molecule has 5 rings (SSSR count). The topological polar surface area (TPSA) is 91.3 Å². The van der Waals surface area contributed by atoms with Crippen molar-refractivity contribution >= 4 is 22.6 Å². The Hall–Kier alpha value is -2.77. The van der Waals surface area contributed by atoms with Gasteiger partial charge >= 0.3 is 0 Å². The van der Waals surface area contributed by atoms with Crippen LogP contribution in [0, 0.1) is 0 Å². The average Bonchev–Trinajstić information content (AvgIpc) is 3.27. The van der Waals surface area contributed by atoms with E-state index in [4.69, 9.17) is 4.74 Å². The quantitative estimate of drug-likeness (QED) is 0.742. The summed E-state index contributed by atoms with van der Waals surface area (Å²) in [7, 11) is 0. The number of anilines is 1. The van der Waals surface area contributed by atoms with Crippen molar-refractivity contribution in [2.45, 2.75) is 31.5 Å². The minimum absolute atomic E-state index is 0.0450. The lowest BCUT2D eigenvalue weighted by atomic mass is 10.1. The molecule has 0 aromatic carbocycles. The van der Waals surface area contributed by atoms with Gasteiger partial charge in [-0.15, -0.1) is 0 Å². The van der Waals surface area contributed by atoms with E-state index in [0.717, 1.165) is 40.0 Å². The van der Waals surface area contributed by atoms with Crippen molar-refractivity contribution < 1.29 is 14.6 Å². The Bertz CT molecular complexity index is 1010. The molecular formula is C20H20N4O3. The fourth-order valence-corrected chi connectivity index (χ4v) is 3.82. The highest BCUT2D eigenvalue weighted by Gasteiger charge is 2.32. The number of carbonyl (C=O) groups is 1. The summed E-state index contributed by atoms with van der Waals surface area (Å²) in [5, 5.41) is 10.6. The van der Waals surface area contributed by atoms with Gasteiger partial charge in [0, 0.05) is 35.1 Å². The maximum absolute atomic E-state index is 12.5. The van der Waals surface area contributed by atoms with E-state index < -0.39 is 6.10 Å². The van der Waals surface area contributed by atoms with Crippen LogP contribution in [-0.4, -0.2) is 51.3 Å². The highest BCUT2D eigenvalue weighted by Crippen LogP contribution is 2.33. The zero-order valence-electron chi connectivity index (χ0n) is 14.8. The molecule has 0 radical (unpaired) electrons. The molecule has 1 amide bonds. The maximum Gasteiger partial charge on any atom is 0.233 e. The Labute approximate surface area is 156 Å². The highest BCUT2D eigenvalue weighted by atomic mass is 16.5. The number of ether oxygens (including phenoxy) is 1. The summed E-state index contributed by atoms with van der Waals surface area (Å²) in [5.41, 5.74) is 4.40. The Balaban J connectivity index is 1.44. The van der Waals surface area contributed by atoms with Crippen LogP contribution in [0.5, 0.6) is 0 Å². The van der Waals surface area contributed by atoms with Gasteiger partial charge in [-0.25, -0.2) is 4.98 Å². The third-order valence-corrected chi connectivity index (χ3v) is 5.32. The smallest absolute Gasteiger partial charge is 0.233 e. The second-order valence-electron chi connectivity index (χ2n) is 7.20. The zero-order chi connectivity index (χ0) is 18.4. The van der Waals surface area contributed by atoms with Crippen LogP contribution in [-0.2, 0) is 16.0 Å². The van der Waals surface area contributed by atoms with E-state index in [1.807, 2.05) is 24.5 Å². The van der Waals surface area contributed by atoms with Crippen molar-refractivity contribution in [2.75, 3.05) is 18.1 Å². The Morgan fingerprint density at radius 3 is 2.93 bits per heavy atom. The molecule has 2 aliphatic heterocycles. The summed E-state index contributed by atoms with van der Waals surface area (Å²) < 4.78 is 5.69. The van der Waals surface area contributed by atoms with Crippen molar-refractivity contribution in [3.8, 4) is 11.1 Å². The molecule has 5 heterocycles. The van der Waals surface area contributed by atoms with Gasteiger partial charge in [-0.1, -0.05) is 0 Å². The number of H-pyrrole nitrogens is 1. The summed E-state index contributed by atoms with van der Waals surface area (Å²) in [6.45, 7) is 0.832. The van der Waals surface area contributed by atoms with E-state index in [9.17, 15) is 9.90 Å². The fraction of sp³-hybridized carbons (Fsp3) is 0.350. The molecule has 0 unspecified atom stereocenters. The molecule has 1 saturated heterocycles. The second kappa shape index (κ2) is 6.44. The van der Waals surface area contributed by atoms with E-state index >= 15 is 0 Å². The number of rotatable bonds is 3. The normalized spacial score (nSPS) is 22.4. The van der Waals surface area contributed by atoms with Gasteiger partial charge in [0.25, 0.3) is 0 Å². The third kappa shape index (κ3) is 2.98. The molecule has 0 aliphatic carbocycles. The van der Waals surface area contributed by atoms with E-state index in [1.165, 1.54) is 0 Å². The largest absolute Gasteiger partial charge is 0.391 e. The number of aliphatic hydroxyl groups excluding tert-OH is 1. The van der Waals surface area contributed by atoms with Gasteiger partial charge in [0.2, 0.25) is 5.91 Å². The lowest BCUT2D eigenvalue weighted by molar-refractivity contribution is -0.118. The summed E-state index contributed by atoms with van der Waals surface area (Å²) in [5.74, 6) is 0.0450. The molecule has 27 heavy (non-hydrogen) atoms. The predicted octanol–water partition coefficient (Wildman–Crippen LogP) is 2.05. The van der Waals surface area contributed by atoms with Crippen molar-refractivity contribution in [1.82, 2.24) is 15.0 Å². The summed E-state index contributed by atoms with van der Waals surface area (Å²) in [6.07, 6.45) is 6.82. The lowest BCUT2D eigenvalue weighted by Crippen LogP contribution is -2.40. The number of nitrogens with zero attached hydrogens (tertiary/aromatic N) is 3. The Morgan fingerprint density at radius 1 is 1.22 bits per heavy atom. The lowest BCUT2D eigenvalue weighted by Gasteiger charge is -2.29. The van der Waals surface area contributed by atoms with Gasteiger partial charge in [0.1, 0.15) is 5.65 Å². The molecule has 2 atom stereocenters. The third-order valence-electron chi connectivity index (χ3n) is 5.32.